The number of aromatic nitrogens is 5. The summed E-state index contributed by atoms with van der Waals surface area (Å²) in [7, 11) is 0. The van der Waals surface area contributed by atoms with Gasteiger partial charge in [-0.1, -0.05) is 42.5 Å². The number of aryl methyl sites for hydroxylation is 3. The molecule has 0 aliphatic rings. The van der Waals surface area contributed by atoms with Gasteiger partial charge < -0.3 is 11.1 Å². The highest BCUT2D eigenvalue weighted by Gasteiger charge is 2.14. The van der Waals surface area contributed by atoms with Crippen LogP contribution >= 0.6 is 0 Å². The Morgan fingerprint density at radius 3 is 2.58 bits per heavy atom. The summed E-state index contributed by atoms with van der Waals surface area (Å²) in [6, 6.07) is 19.3. The minimum Gasteiger partial charge on any atom is -0.369 e. The first kappa shape index (κ1) is 24.8. The maximum absolute atomic E-state index is 13.6. The lowest BCUT2D eigenvalue weighted by Crippen LogP contribution is -2.25. The number of nitrogens with zero attached hydrogens (tertiary/aromatic N) is 5. The van der Waals surface area contributed by atoms with Crippen molar-refractivity contribution in [2.24, 2.45) is 0 Å². The second-order valence-electron chi connectivity index (χ2n) is 9.05. The SMILES string of the molecule is Cc1nc(N)nc(NCCCc2nc3cccc(C)c3c(=O)n2-c2ccccc2)c1/C=C/c1cccnc1. The van der Waals surface area contributed by atoms with Gasteiger partial charge in [0.1, 0.15) is 11.6 Å². The second kappa shape index (κ2) is 11.0. The zero-order valence-corrected chi connectivity index (χ0v) is 21.4. The van der Waals surface area contributed by atoms with Crippen molar-refractivity contribution in [3.05, 3.63) is 112 Å². The number of nitrogens with one attached hydrogen (secondary N) is 1. The quantitative estimate of drug-likeness (QED) is 0.287. The van der Waals surface area contributed by atoms with Gasteiger partial charge in [0, 0.05) is 30.9 Å². The average molecular weight is 504 g/mol. The minimum atomic E-state index is -0.0516. The zero-order chi connectivity index (χ0) is 26.5. The fourth-order valence-electron chi connectivity index (χ4n) is 4.50. The van der Waals surface area contributed by atoms with E-state index in [1.807, 2.05) is 86.7 Å². The number of para-hydroxylation sites is 1. The molecule has 3 heterocycles. The van der Waals surface area contributed by atoms with E-state index in [1.165, 1.54) is 0 Å². The molecule has 2 aromatic carbocycles. The molecule has 0 bridgehead atoms. The molecule has 0 saturated heterocycles. The number of benzene rings is 2. The van der Waals surface area contributed by atoms with Crippen LogP contribution in [0.25, 0.3) is 28.7 Å². The van der Waals surface area contributed by atoms with E-state index in [-0.39, 0.29) is 11.5 Å². The highest BCUT2D eigenvalue weighted by atomic mass is 16.1. The van der Waals surface area contributed by atoms with Gasteiger partial charge >= 0.3 is 0 Å². The van der Waals surface area contributed by atoms with Gasteiger partial charge in [0.15, 0.2) is 0 Å². The number of nitrogens with two attached hydrogens (primary N) is 1. The van der Waals surface area contributed by atoms with E-state index >= 15 is 0 Å². The summed E-state index contributed by atoms with van der Waals surface area (Å²) in [4.78, 5) is 31.4. The van der Waals surface area contributed by atoms with E-state index in [9.17, 15) is 4.79 Å². The normalized spacial score (nSPS) is 11.3. The van der Waals surface area contributed by atoms with Gasteiger partial charge in [0.05, 0.1) is 22.3 Å². The van der Waals surface area contributed by atoms with Crippen LogP contribution in [0.4, 0.5) is 11.8 Å². The molecule has 0 spiro atoms. The molecule has 3 N–H and O–H groups in total. The summed E-state index contributed by atoms with van der Waals surface area (Å²) >= 11 is 0. The summed E-state index contributed by atoms with van der Waals surface area (Å²) in [5.41, 5.74) is 11.0. The molecule has 0 aliphatic carbocycles. The molecule has 0 atom stereocenters. The zero-order valence-electron chi connectivity index (χ0n) is 21.4. The highest BCUT2D eigenvalue weighted by molar-refractivity contribution is 5.81. The first-order valence-electron chi connectivity index (χ1n) is 12.5. The minimum absolute atomic E-state index is 0.0516. The van der Waals surface area contributed by atoms with Crippen molar-refractivity contribution in [2.45, 2.75) is 26.7 Å². The Labute approximate surface area is 221 Å². The van der Waals surface area contributed by atoms with Crippen LogP contribution in [-0.4, -0.2) is 31.0 Å². The van der Waals surface area contributed by atoms with E-state index in [0.29, 0.717) is 29.7 Å². The van der Waals surface area contributed by atoms with Crippen LogP contribution in [-0.2, 0) is 6.42 Å². The molecular formula is C30H29N7O. The smallest absolute Gasteiger partial charge is 0.266 e. The lowest BCUT2D eigenvalue weighted by Gasteiger charge is -2.15. The molecule has 0 aliphatic heterocycles. The predicted molar refractivity (Wildman–Crippen MR) is 153 cm³/mol. The van der Waals surface area contributed by atoms with Crippen LogP contribution in [0.5, 0.6) is 0 Å². The Balaban J connectivity index is 1.39. The summed E-state index contributed by atoms with van der Waals surface area (Å²) in [6.45, 7) is 4.46. The topological polar surface area (TPSA) is 112 Å². The fourth-order valence-corrected chi connectivity index (χ4v) is 4.50. The van der Waals surface area contributed by atoms with Crippen molar-refractivity contribution in [3.63, 3.8) is 0 Å². The summed E-state index contributed by atoms with van der Waals surface area (Å²) < 4.78 is 1.73. The van der Waals surface area contributed by atoms with Crippen LogP contribution in [0.15, 0.2) is 77.9 Å². The van der Waals surface area contributed by atoms with Gasteiger partial charge in [-0.15, -0.1) is 0 Å². The summed E-state index contributed by atoms with van der Waals surface area (Å²) in [5.74, 6) is 1.60. The van der Waals surface area contributed by atoms with Gasteiger partial charge in [-0.2, -0.15) is 4.98 Å². The fraction of sp³-hybridized carbons (Fsp3) is 0.167. The van der Waals surface area contributed by atoms with Gasteiger partial charge in [0.25, 0.3) is 5.56 Å². The first-order chi connectivity index (χ1) is 18.5. The van der Waals surface area contributed by atoms with E-state index in [2.05, 4.69) is 20.3 Å². The molecule has 190 valence electrons. The number of fused-ring (bicyclic) bond motifs is 1. The lowest BCUT2D eigenvalue weighted by atomic mass is 10.1. The van der Waals surface area contributed by atoms with E-state index in [4.69, 9.17) is 10.7 Å². The summed E-state index contributed by atoms with van der Waals surface area (Å²) in [5, 5.41) is 4.06. The van der Waals surface area contributed by atoms with E-state index in [0.717, 1.165) is 40.3 Å². The Bertz CT molecular complexity index is 1660. The Kier molecular flexibility index (Phi) is 7.21. The number of rotatable bonds is 8. The van der Waals surface area contributed by atoms with Crippen molar-refractivity contribution >= 4 is 34.8 Å². The highest BCUT2D eigenvalue weighted by Crippen LogP contribution is 2.21. The molecule has 0 unspecified atom stereocenters. The molecule has 0 fully saturated rings. The first-order valence-corrected chi connectivity index (χ1v) is 12.5. The molecular weight excluding hydrogens is 474 g/mol. The number of nitrogen functional groups attached to an aromatic ring is 1. The van der Waals surface area contributed by atoms with Crippen LogP contribution in [0.2, 0.25) is 0 Å². The molecule has 0 amide bonds. The molecule has 0 saturated carbocycles. The van der Waals surface area contributed by atoms with Crippen molar-refractivity contribution < 1.29 is 0 Å². The van der Waals surface area contributed by atoms with Gasteiger partial charge in [-0.25, -0.2) is 9.97 Å². The molecule has 38 heavy (non-hydrogen) atoms. The Morgan fingerprint density at radius 1 is 0.947 bits per heavy atom. The Hall–Kier alpha value is -4.85. The van der Waals surface area contributed by atoms with Crippen LogP contribution < -0.4 is 16.6 Å². The number of anilines is 2. The molecule has 8 heteroatoms. The number of hydrogen-bond donors (Lipinski definition) is 2. The molecule has 8 nitrogen and oxygen atoms in total. The molecule has 3 aromatic heterocycles. The third-order valence-electron chi connectivity index (χ3n) is 6.34. The maximum atomic E-state index is 13.6. The van der Waals surface area contributed by atoms with Crippen LogP contribution in [0.3, 0.4) is 0 Å². The number of pyridine rings is 1. The van der Waals surface area contributed by atoms with Crippen molar-refractivity contribution in [1.29, 1.82) is 0 Å². The largest absolute Gasteiger partial charge is 0.369 e. The second-order valence-corrected chi connectivity index (χ2v) is 9.05. The van der Waals surface area contributed by atoms with Crippen LogP contribution in [0, 0.1) is 13.8 Å². The van der Waals surface area contributed by atoms with Crippen molar-refractivity contribution in [3.8, 4) is 5.69 Å². The molecule has 0 radical (unpaired) electrons. The average Bonchev–Trinajstić information content (AvgIpc) is 2.91. The molecule has 5 rings (SSSR count). The lowest BCUT2D eigenvalue weighted by molar-refractivity contribution is 0.753. The van der Waals surface area contributed by atoms with Crippen LogP contribution in [0.1, 0.15) is 34.6 Å². The van der Waals surface area contributed by atoms with Crippen molar-refractivity contribution in [2.75, 3.05) is 17.6 Å². The predicted octanol–water partition coefficient (Wildman–Crippen LogP) is 4.98. The maximum Gasteiger partial charge on any atom is 0.266 e. The third kappa shape index (κ3) is 5.29. The van der Waals surface area contributed by atoms with Gasteiger partial charge in [-0.05, 0) is 61.7 Å². The van der Waals surface area contributed by atoms with E-state index in [1.54, 1.807) is 17.0 Å². The van der Waals surface area contributed by atoms with Gasteiger partial charge in [0.2, 0.25) is 5.95 Å². The standard InChI is InChI=1S/C30H29N7O/c1-20-9-6-13-25-27(20)29(38)37(23-11-4-3-5-12-23)26(35-25)14-8-18-33-28-24(21(2)34-30(31)36-28)16-15-22-10-7-17-32-19-22/h3-7,9-13,15-17,19H,8,14,18H2,1-2H3,(H3,31,33,34,36)/b16-15+. The van der Waals surface area contributed by atoms with E-state index < -0.39 is 0 Å². The monoisotopic (exact) mass is 503 g/mol. The number of hydrogen-bond acceptors (Lipinski definition) is 7. The Morgan fingerprint density at radius 2 is 1.79 bits per heavy atom. The third-order valence-corrected chi connectivity index (χ3v) is 6.34. The summed E-state index contributed by atoms with van der Waals surface area (Å²) in [6.07, 6.45) is 8.80. The van der Waals surface area contributed by atoms with Crippen molar-refractivity contribution in [1.82, 2.24) is 24.5 Å². The van der Waals surface area contributed by atoms with Gasteiger partial charge in [-0.3, -0.25) is 14.3 Å². The molecule has 5 aromatic rings.